The molecule has 3 aromatic rings. The van der Waals surface area contributed by atoms with E-state index in [1.165, 1.54) is 28.2 Å². The number of thioether (sulfide) groups is 1. The Kier molecular flexibility index (Phi) is 8.13. The quantitative estimate of drug-likeness (QED) is 0.169. The van der Waals surface area contributed by atoms with Gasteiger partial charge in [-0.2, -0.15) is 23.0 Å². The Labute approximate surface area is 220 Å². The second-order valence-corrected chi connectivity index (χ2v) is 11.8. The minimum absolute atomic E-state index is 0.00660. The van der Waals surface area contributed by atoms with Crippen LogP contribution in [0.1, 0.15) is 61.9 Å². The number of hydrogen-bond donors (Lipinski definition) is 0. The Hall–Kier alpha value is -2.66. The molecule has 0 bridgehead atoms. The predicted molar refractivity (Wildman–Crippen MR) is 138 cm³/mol. The van der Waals surface area contributed by atoms with Gasteiger partial charge in [0.15, 0.2) is 5.69 Å². The molecule has 1 aromatic carbocycles. The Morgan fingerprint density at radius 2 is 2.08 bits per heavy atom. The van der Waals surface area contributed by atoms with Gasteiger partial charge >= 0.3 is 12.1 Å². The molecule has 1 aliphatic carbocycles. The summed E-state index contributed by atoms with van der Waals surface area (Å²) in [6.45, 7) is 7.59. The minimum Gasteiger partial charge on any atom is -0.461 e. The molecule has 2 aromatic heterocycles. The van der Waals surface area contributed by atoms with Crippen molar-refractivity contribution in [1.82, 2.24) is 14.8 Å². The lowest BCUT2D eigenvalue weighted by Crippen LogP contribution is -2.24. The summed E-state index contributed by atoms with van der Waals surface area (Å²) in [6, 6.07) is 5.89. The molecule has 1 atom stereocenters. The van der Waals surface area contributed by atoms with Crippen LogP contribution < -0.4 is 0 Å². The van der Waals surface area contributed by atoms with Gasteiger partial charge in [-0.15, -0.1) is 11.8 Å². The van der Waals surface area contributed by atoms with Gasteiger partial charge in [0.2, 0.25) is 5.13 Å². The Morgan fingerprint density at radius 3 is 2.68 bits per heavy atom. The third-order valence-electron chi connectivity index (χ3n) is 5.93. The molecule has 0 aliphatic heterocycles. The molecule has 4 rings (SSSR count). The second-order valence-electron chi connectivity index (χ2n) is 8.99. The number of thiazole rings is 1. The Bertz CT molecular complexity index is 1330. The van der Waals surface area contributed by atoms with E-state index in [2.05, 4.69) is 5.10 Å². The van der Waals surface area contributed by atoms with Crippen LogP contribution in [0.25, 0.3) is 21.8 Å². The van der Waals surface area contributed by atoms with Crippen LogP contribution in [-0.2, 0) is 4.74 Å². The van der Waals surface area contributed by atoms with Crippen molar-refractivity contribution in [3.05, 3.63) is 53.2 Å². The van der Waals surface area contributed by atoms with Crippen molar-refractivity contribution in [3.8, 4) is 16.3 Å². The van der Waals surface area contributed by atoms with E-state index < -0.39 is 23.9 Å². The SMILES string of the molecule is CCOC(=O)c1c(-c2cccc(F)c2)c(C)nn1-c1nc(C2=CCC(C(F)(F)F)CC2)c(SC(C)C)s1. The van der Waals surface area contributed by atoms with Crippen molar-refractivity contribution in [2.75, 3.05) is 6.61 Å². The lowest BCUT2D eigenvalue weighted by atomic mass is 9.88. The molecule has 0 saturated carbocycles. The number of nitrogens with zero attached hydrogens (tertiary/aromatic N) is 3. The molecule has 0 amide bonds. The number of aryl methyl sites for hydroxylation is 1. The zero-order valence-electron chi connectivity index (χ0n) is 20.9. The van der Waals surface area contributed by atoms with Crippen molar-refractivity contribution < 1.29 is 27.1 Å². The Balaban J connectivity index is 1.84. The summed E-state index contributed by atoms with van der Waals surface area (Å²) in [5.41, 5.74) is 2.92. The summed E-state index contributed by atoms with van der Waals surface area (Å²) in [7, 11) is 0. The van der Waals surface area contributed by atoms with Gasteiger partial charge in [-0.25, -0.2) is 14.2 Å². The average molecular weight is 554 g/mol. The topological polar surface area (TPSA) is 57.0 Å². The summed E-state index contributed by atoms with van der Waals surface area (Å²) in [5.74, 6) is -2.43. The lowest BCUT2D eigenvalue weighted by molar-refractivity contribution is -0.175. The van der Waals surface area contributed by atoms with E-state index in [-0.39, 0.29) is 36.8 Å². The van der Waals surface area contributed by atoms with Gasteiger partial charge < -0.3 is 4.74 Å². The first-order valence-corrected chi connectivity index (χ1v) is 13.7. The van der Waals surface area contributed by atoms with Crippen LogP contribution in [0.15, 0.2) is 34.6 Å². The smallest absolute Gasteiger partial charge is 0.392 e. The summed E-state index contributed by atoms with van der Waals surface area (Å²) >= 11 is 2.88. The summed E-state index contributed by atoms with van der Waals surface area (Å²) in [5, 5.41) is 5.17. The van der Waals surface area contributed by atoms with Crippen LogP contribution in [0.5, 0.6) is 0 Å². The van der Waals surface area contributed by atoms with Gasteiger partial charge in [0.05, 0.1) is 28.1 Å². The highest BCUT2D eigenvalue weighted by Gasteiger charge is 2.40. The van der Waals surface area contributed by atoms with Gasteiger partial charge in [-0.1, -0.05) is 43.4 Å². The molecule has 11 heteroatoms. The molecule has 2 heterocycles. The standard InChI is InChI=1S/C26H27F4N3O2S2/c1-5-35-23(34)22-20(17-7-6-8-19(27)13-17)15(4)32-33(22)25-31-21(24(37-25)36-14(2)3)16-9-11-18(12-10-16)26(28,29)30/h6-9,13-14,18H,5,10-12H2,1-4H3. The molecule has 0 spiro atoms. The molecule has 0 fully saturated rings. The molecule has 0 radical (unpaired) electrons. The van der Waals surface area contributed by atoms with E-state index in [1.807, 2.05) is 13.8 Å². The van der Waals surface area contributed by atoms with Crippen molar-refractivity contribution in [3.63, 3.8) is 0 Å². The lowest BCUT2D eigenvalue weighted by Gasteiger charge is -2.23. The van der Waals surface area contributed by atoms with Gasteiger partial charge in [0.1, 0.15) is 5.82 Å². The molecule has 1 unspecified atom stereocenters. The van der Waals surface area contributed by atoms with E-state index in [0.717, 1.165) is 9.78 Å². The third kappa shape index (κ3) is 5.93. The first kappa shape index (κ1) is 27.4. The fourth-order valence-corrected chi connectivity index (χ4v) is 6.78. The molecular formula is C26H27F4N3O2S2. The number of rotatable bonds is 7. The monoisotopic (exact) mass is 553 g/mol. The highest BCUT2D eigenvalue weighted by Crippen LogP contribution is 2.44. The van der Waals surface area contributed by atoms with Crippen LogP contribution in [0, 0.1) is 18.7 Å². The van der Waals surface area contributed by atoms with Gasteiger partial charge in [0.25, 0.3) is 0 Å². The van der Waals surface area contributed by atoms with Crippen molar-refractivity contribution in [2.24, 2.45) is 5.92 Å². The maximum atomic E-state index is 14.0. The summed E-state index contributed by atoms with van der Waals surface area (Å²) < 4.78 is 61.2. The number of carbonyl (C=O) groups excluding carboxylic acids is 1. The van der Waals surface area contributed by atoms with Crippen LogP contribution in [0.4, 0.5) is 17.6 Å². The second kappa shape index (κ2) is 11.0. The van der Waals surface area contributed by atoms with Gasteiger partial charge in [-0.05, 0) is 56.4 Å². The van der Waals surface area contributed by atoms with Gasteiger partial charge in [-0.3, -0.25) is 0 Å². The first-order chi connectivity index (χ1) is 17.5. The molecule has 5 nitrogen and oxygen atoms in total. The van der Waals surface area contributed by atoms with Crippen LogP contribution in [0.3, 0.4) is 0 Å². The minimum atomic E-state index is -4.22. The zero-order valence-corrected chi connectivity index (χ0v) is 22.5. The first-order valence-electron chi connectivity index (χ1n) is 12.0. The number of esters is 1. The fourth-order valence-electron chi connectivity index (χ4n) is 4.27. The van der Waals surface area contributed by atoms with Crippen LogP contribution in [-0.4, -0.2) is 38.8 Å². The maximum Gasteiger partial charge on any atom is 0.392 e. The largest absolute Gasteiger partial charge is 0.461 e. The van der Waals surface area contributed by atoms with E-state index >= 15 is 0 Å². The third-order valence-corrected chi connectivity index (χ3v) is 8.17. The number of ether oxygens (including phenoxy) is 1. The van der Waals surface area contributed by atoms with E-state index in [0.29, 0.717) is 27.6 Å². The van der Waals surface area contributed by atoms with E-state index in [9.17, 15) is 22.4 Å². The molecule has 0 saturated heterocycles. The van der Waals surface area contributed by atoms with Crippen molar-refractivity contribution in [1.29, 1.82) is 0 Å². The molecule has 37 heavy (non-hydrogen) atoms. The predicted octanol–water partition coefficient (Wildman–Crippen LogP) is 7.87. The van der Waals surface area contributed by atoms with E-state index in [4.69, 9.17) is 9.72 Å². The number of hydrogen-bond acceptors (Lipinski definition) is 6. The Morgan fingerprint density at radius 1 is 1.32 bits per heavy atom. The van der Waals surface area contributed by atoms with Crippen molar-refractivity contribution in [2.45, 2.75) is 62.6 Å². The highest BCUT2D eigenvalue weighted by atomic mass is 32.2. The average Bonchev–Trinajstić information content (AvgIpc) is 3.39. The number of aromatic nitrogens is 3. The van der Waals surface area contributed by atoms with Crippen LogP contribution in [0.2, 0.25) is 0 Å². The zero-order chi connectivity index (χ0) is 26.9. The number of halogens is 4. The molecule has 0 N–H and O–H groups in total. The molecule has 1 aliphatic rings. The highest BCUT2D eigenvalue weighted by molar-refractivity contribution is 8.01. The summed E-state index contributed by atoms with van der Waals surface area (Å²) in [4.78, 5) is 17.9. The van der Waals surface area contributed by atoms with E-state index in [1.54, 1.807) is 43.8 Å². The van der Waals surface area contributed by atoms with Gasteiger partial charge in [0, 0.05) is 10.8 Å². The molecular weight excluding hydrogens is 526 g/mol. The number of benzene rings is 1. The number of allylic oxidation sites excluding steroid dienone is 2. The number of carbonyl (C=O) groups is 1. The van der Waals surface area contributed by atoms with Crippen LogP contribution >= 0.6 is 23.1 Å². The normalized spacial score (nSPS) is 16.2. The maximum absolute atomic E-state index is 14.0. The fraction of sp³-hybridized carbons (Fsp3) is 0.423. The number of alkyl halides is 3. The van der Waals surface area contributed by atoms with Crippen molar-refractivity contribution >= 4 is 34.6 Å². The molecule has 198 valence electrons. The summed E-state index contributed by atoms with van der Waals surface area (Å²) in [6.07, 6.45) is -2.41.